The van der Waals surface area contributed by atoms with Crippen molar-refractivity contribution in [3.05, 3.63) is 20.8 Å². The van der Waals surface area contributed by atoms with Crippen molar-refractivity contribution in [2.45, 2.75) is 18.9 Å². The zero-order valence-electron chi connectivity index (χ0n) is 11.0. The van der Waals surface area contributed by atoms with Gasteiger partial charge in [-0.3, -0.25) is 4.79 Å². The summed E-state index contributed by atoms with van der Waals surface area (Å²) >= 11 is 4.91. The third kappa shape index (κ3) is 2.69. The second-order valence-corrected chi connectivity index (χ2v) is 7.38. The fraction of sp³-hybridized carbons (Fsp3) is 0.538. The molecule has 7 heteroatoms. The van der Waals surface area contributed by atoms with Crippen LogP contribution in [0.4, 0.5) is 4.79 Å². The van der Waals surface area contributed by atoms with Crippen molar-refractivity contribution in [3.63, 3.8) is 0 Å². The summed E-state index contributed by atoms with van der Waals surface area (Å²) in [4.78, 5) is 27.8. The number of thiophene rings is 1. The molecule has 2 fully saturated rings. The SMILES string of the molecule is O=C(c1csc(Br)c1)N1CCC(N2CCNC2=O)CC1. The molecule has 0 spiro atoms. The van der Waals surface area contributed by atoms with Gasteiger partial charge in [-0.25, -0.2) is 4.79 Å². The summed E-state index contributed by atoms with van der Waals surface area (Å²) < 4.78 is 0.976. The summed E-state index contributed by atoms with van der Waals surface area (Å²) in [5, 5.41) is 4.71. The van der Waals surface area contributed by atoms with Crippen LogP contribution in [0.5, 0.6) is 0 Å². The molecule has 108 valence electrons. The molecule has 0 unspecified atom stereocenters. The maximum Gasteiger partial charge on any atom is 0.317 e. The number of urea groups is 1. The third-order valence-electron chi connectivity index (χ3n) is 3.90. The van der Waals surface area contributed by atoms with Gasteiger partial charge < -0.3 is 15.1 Å². The number of carbonyl (C=O) groups is 2. The van der Waals surface area contributed by atoms with E-state index in [1.807, 2.05) is 21.2 Å². The number of rotatable bonds is 2. The minimum absolute atomic E-state index is 0.0385. The van der Waals surface area contributed by atoms with Gasteiger partial charge >= 0.3 is 6.03 Å². The molecule has 3 heterocycles. The van der Waals surface area contributed by atoms with Crippen LogP contribution < -0.4 is 5.32 Å². The van der Waals surface area contributed by atoms with Gasteiger partial charge in [0.25, 0.3) is 5.91 Å². The minimum atomic E-state index is 0.0385. The van der Waals surface area contributed by atoms with E-state index in [9.17, 15) is 9.59 Å². The van der Waals surface area contributed by atoms with E-state index in [1.54, 1.807) is 0 Å². The number of piperidine rings is 1. The summed E-state index contributed by atoms with van der Waals surface area (Å²) in [5.41, 5.74) is 0.749. The topological polar surface area (TPSA) is 52.7 Å². The van der Waals surface area contributed by atoms with Crippen LogP contribution in [0, 0.1) is 0 Å². The Morgan fingerprint density at radius 3 is 2.65 bits per heavy atom. The zero-order chi connectivity index (χ0) is 14.1. The van der Waals surface area contributed by atoms with Crippen molar-refractivity contribution in [3.8, 4) is 0 Å². The molecule has 1 aromatic rings. The Labute approximate surface area is 130 Å². The number of nitrogens with zero attached hydrogens (tertiary/aromatic N) is 2. The van der Waals surface area contributed by atoms with Gasteiger partial charge in [0, 0.05) is 37.6 Å². The monoisotopic (exact) mass is 357 g/mol. The molecular formula is C13H16BrN3O2S. The van der Waals surface area contributed by atoms with E-state index >= 15 is 0 Å². The fourth-order valence-corrected chi connectivity index (χ4v) is 3.95. The van der Waals surface area contributed by atoms with Gasteiger partial charge in [-0.15, -0.1) is 11.3 Å². The lowest BCUT2D eigenvalue weighted by atomic mass is 10.0. The molecule has 5 nitrogen and oxygen atoms in total. The van der Waals surface area contributed by atoms with Crippen LogP contribution in [0.15, 0.2) is 15.2 Å². The van der Waals surface area contributed by atoms with Crippen molar-refractivity contribution in [1.29, 1.82) is 0 Å². The molecule has 2 saturated heterocycles. The van der Waals surface area contributed by atoms with Gasteiger partial charge in [-0.05, 0) is 34.8 Å². The van der Waals surface area contributed by atoms with Crippen molar-refractivity contribution < 1.29 is 9.59 Å². The van der Waals surface area contributed by atoms with E-state index in [2.05, 4.69) is 21.2 Å². The third-order valence-corrected chi connectivity index (χ3v) is 5.40. The van der Waals surface area contributed by atoms with E-state index in [4.69, 9.17) is 0 Å². The Balaban J connectivity index is 1.58. The van der Waals surface area contributed by atoms with Crippen LogP contribution in [0.3, 0.4) is 0 Å². The quantitative estimate of drug-likeness (QED) is 0.881. The molecule has 0 bridgehead atoms. The smallest absolute Gasteiger partial charge is 0.317 e. The summed E-state index contributed by atoms with van der Waals surface area (Å²) in [6, 6.07) is 2.18. The number of halogens is 1. The first-order valence-corrected chi connectivity index (χ1v) is 8.40. The Hall–Kier alpha value is -1.08. The van der Waals surface area contributed by atoms with Crippen molar-refractivity contribution >= 4 is 39.2 Å². The lowest BCUT2D eigenvalue weighted by Crippen LogP contribution is -2.47. The molecule has 0 saturated carbocycles. The Bertz CT molecular complexity index is 525. The van der Waals surface area contributed by atoms with Crippen LogP contribution in [-0.4, -0.2) is 54.0 Å². The summed E-state index contributed by atoms with van der Waals surface area (Å²) in [6.07, 6.45) is 1.73. The molecule has 2 aliphatic heterocycles. The predicted molar refractivity (Wildman–Crippen MR) is 81.0 cm³/mol. The maximum atomic E-state index is 12.3. The molecular weight excluding hydrogens is 342 g/mol. The Morgan fingerprint density at radius 2 is 2.10 bits per heavy atom. The summed E-state index contributed by atoms with van der Waals surface area (Å²) in [6.45, 7) is 2.97. The average Bonchev–Trinajstić information content (AvgIpc) is 3.07. The molecule has 0 aromatic carbocycles. The number of amides is 3. The van der Waals surface area contributed by atoms with Gasteiger partial charge in [0.15, 0.2) is 0 Å². The van der Waals surface area contributed by atoms with Gasteiger partial charge in [0.2, 0.25) is 0 Å². The van der Waals surface area contributed by atoms with Crippen LogP contribution in [0.2, 0.25) is 0 Å². The largest absolute Gasteiger partial charge is 0.338 e. The molecule has 3 rings (SSSR count). The first-order chi connectivity index (χ1) is 9.65. The highest BCUT2D eigenvalue weighted by molar-refractivity contribution is 9.11. The van der Waals surface area contributed by atoms with Gasteiger partial charge in [-0.1, -0.05) is 0 Å². The highest BCUT2D eigenvalue weighted by Gasteiger charge is 2.32. The highest BCUT2D eigenvalue weighted by atomic mass is 79.9. The standard InChI is InChI=1S/C13H16BrN3O2S/c14-11-7-9(8-20-11)12(18)16-4-1-10(2-5-16)17-6-3-15-13(17)19/h7-8,10H,1-6H2,(H,15,19). The molecule has 1 aromatic heterocycles. The van der Waals surface area contributed by atoms with Crippen LogP contribution in [0.1, 0.15) is 23.2 Å². The first kappa shape index (κ1) is 13.9. The summed E-state index contributed by atoms with van der Waals surface area (Å²) in [5.74, 6) is 0.0938. The average molecular weight is 358 g/mol. The molecule has 0 aliphatic carbocycles. The van der Waals surface area contributed by atoms with Crippen LogP contribution >= 0.6 is 27.3 Å². The minimum Gasteiger partial charge on any atom is -0.338 e. The fourth-order valence-electron chi connectivity index (χ4n) is 2.82. The second kappa shape index (κ2) is 5.73. The van der Waals surface area contributed by atoms with Crippen molar-refractivity contribution in [2.24, 2.45) is 0 Å². The maximum absolute atomic E-state index is 12.3. The zero-order valence-corrected chi connectivity index (χ0v) is 13.4. The normalized spacial score (nSPS) is 20.4. The number of nitrogens with one attached hydrogen (secondary N) is 1. The van der Waals surface area contributed by atoms with E-state index in [0.717, 1.165) is 48.4 Å². The van der Waals surface area contributed by atoms with Crippen LogP contribution in [0.25, 0.3) is 0 Å². The molecule has 2 aliphatic rings. The number of hydrogen-bond acceptors (Lipinski definition) is 3. The molecule has 20 heavy (non-hydrogen) atoms. The van der Waals surface area contributed by atoms with Gasteiger partial charge in [-0.2, -0.15) is 0 Å². The summed E-state index contributed by atoms with van der Waals surface area (Å²) in [7, 11) is 0. The Morgan fingerprint density at radius 1 is 1.35 bits per heavy atom. The molecule has 3 amide bonds. The van der Waals surface area contributed by atoms with Crippen molar-refractivity contribution in [1.82, 2.24) is 15.1 Å². The Kier molecular flexibility index (Phi) is 3.98. The molecule has 1 N–H and O–H groups in total. The second-order valence-electron chi connectivity index (χ2n) is 5.09. The van der Waals surface area contributed by atoms with E-state index < -0.39 is 0 Å². The number of likely N-dealkylation sites (tertiary alicyclic amines) is 1. The van der Waals surface area contributed by atoms with Crippen LogP contribution in [-0.2, 0) is 0 Å². The number of carbonyl (C=O) groups excluding carboxylic acids is 2. The van der Waals surface area contributed by atoms with E-state index in [-0.39, 0.29) is 18.0 Å². The lowest BCUT2D eigenvalue weighted by molar-refractivity contribution is 0.0666. The lowest BCUT2D eigenvalue weighted by Gasteiger charge is -2.36. The molecule has 0 atom stereocenters. The van der Waals surface area contributed by atoms with Gasteiger partial charge in [0.05, 0.1) is 9.35 Å². The highest BCUT2D eigenvalue weighted by Crippen LogP contribution is 2.24. The van der Waals surface area contributed by atoms with E-state index in [0.29, 0.717) is 0 Å². The predicted octanol–water partition coefficient (Wildman–Crippen LogP) is 2.14. The van der Waals surface area contributed by atoms with E-state index in [1.165, 1.54) is 11.3 Å². The van der Waals surface area contributed by atoms with Crippen molar-refractivity contribution in [2.75, 3.05) is 26.2 Å². The molecule has 0 radical (unpaired) electrons. The van der Waals surface area contributed by atoms with Gasteiger partial charge in [0.1, 0.15) is 0 Å². The first-order valence-electron chi connectivity index (χ1n) is 6.73. The number of hydrogen-bond donors (Lipinski definition) is 1.